The zero-order chi connectivity index (χ0) is 34.2. The van der Waals surface area contributed by atoms with Gasteiger partial charge in [-0.2, -0.15) is 28.7 Å². The SMILES string of the molecule is CN1N(C)P2(=NP(=O)(Oc3ccccc3)Oc3ccccc3)N(C)N(C)P1(=NP(=O)(Oc1ccccc1)Oc1ccccc1)N(C)N2C. The molecule has 0 aliphatic carbocycles. The smallest absolute Gasteiger partial charge is 0.399 e. The summed E-state index contributed by atoms with van der Waals surface area (Å²) in [7, 11) is -4.02. The predicted octanol–water partition coefficient (Wildman–Crippen LogP) is 8.77. The van der Waals surface area contributed by atoms with Crippen LogP contribution in [-0.2, 0) is 9.13 Å². The molecular formula is C30H38N8O6P4. The Morgan fingerprint density at radius 1 is 0.396 bits per heavy atom. The van der Waals surface area contributed by atoms with E-state index in [4.69, 9.17) is 27.1 Å². The first-order valence-corrected chi connectivity index (χ1v) is 21.0. The maximum Gasteiger partial charge on any atom is 0.565 e. The van der Waals surface area contributed by atoms with E-state index in [1.54, 1.807) is 97.1 Å². The summed E-state index contributed by atoms with van der Waals surface area (Å²) in [5.74, 6) is 1.35. The molecule has 0 radical (unpaired) electrons. The van der Waals surface area contributed by atoms with Crippen LogP contribution in [0.3, 0.4) is 0 Å². The first-order valence-electron chi connectivity index (χ1n) is 14.8. The minimum Gasteiger partial charge on any atom is -0.399 e. The molecule has 0 saturated carbocycles. The highest BCUT2D eigenvalue weighted by Gasteiger charge is 2.64. The molecule has 0 N–H and O–H groups in total. The standard InChI is InChI=1S/C30H38N8O6P4/c1-33-34(2)46(32-48(40,43-29-23-15-9-16-24-29)44-30-25-17-10-18-26-30)37(5)35(3)45(33,36(4)38(46)6)31-47(39,41-27-19-11-7-12-20-27)42-28-21-13-8-14-22-28/h7-26H,1-6H3. The summed E-state index contributed by atoms with van der Waals surface area (Å²) in [5.41, 5.74) is 0. The minimum absolute atomic E-state index is 0.338. The number of benzene rings is 4. The highest BCUT2D eigenvalue weighted by molar-refractivity contribution is 7.74. The summed E-state index contributed by atoms with van der Waals surface area (Å²) in [6.45, 7) is 0. The molecule has 0 spiro atoms. The van der Waals surface area contributed by atoms with Crippen LogP contribution in [0.5, 0.6) is 23.0 Å². The third-order valence-electron chi connectivity index (χ3n) is 7.90. The van der Waals surface area contributed by atoms with Crippen molar-refractivity contribution in [2.24, 2.45) is 9.03 Å². The summed E-state index contributed by atoms with van der Waals surface area (Å²) < 4.78 is 75.4. The van der Waals surface area contributed by atoms with Gasteiger partial charge in [0.1, 0.15) is 23.0 Å². The van der Waals surface area contributed by atoms with Gasteiger partial charge in [-0.25, -0.2) is 9.13 Å². The van der Waals surface area contributed by atoms with E-state index >= 15 is 0 Å². The second kappa shape index (κ2) is 13.6. The molecule has 2 bridgehead atoms. The fraction of sp³-hybridized carbons (Fsp3) is 0.200. The van der Waals surface area contributed by atoms with Crippen LogP contribution in [0.1, 0.15) is 0 Å². The van der Waals surface area contributed by atoms with Gasteiger partial charge in [-0.1, -0.05) is 72.8 Å². The first kappa shape index (κ1) is 34.6. The van der Waals surface area contributed by atoms with Crippen molar-refractivity contribution >= 4 is 30.5 Å². The maximum atomic E-state index is 14.9. The quantitative estimate of drug-likeness (QED) is 0.145. The monoisotopic (exact) mass is 730 g/mol. The van der Waals surface area contributed by atoms with E-state index in [-0.39, 0.29) is 0 Å². The molecule has 3 aliphatic rings. The third-order valence-corrected chi connectivity index (χ3v) is 20.0. The lowest BCUT2D eigenvalue weighted by Crippen LogP contribution is -2.64. The molecule has 3 saturated heterocycles. The van der Waals surface area contributed by atoms with Crippen molar-refractivity contribution in [3.63, 3.8) is 0 Å². The highest BCUT2D eigenvalue weighted by atomic mass is 31.2. The molecule has 3 fully saturated rings. The molecule has 7 rings (SSSR count). The van der Waals surface area contributed by atoms with Gasteiger partial charge in [0.05, 0.1) is 0 Å². The average molecular weight is 731 g/mol. The van der Waals surface area contributed by atoms with Gasteiger partial charge in [0.15, 0.2) is 0 Å². The molecule has 0 unspecified atom stereocenters. The summed E-state index contributed by atoms with van der Waals surface area (Å²) in [6, 6.07) is 35.2. The predicted molar refractivity (Wildman–Crippen MR) is 189 cm³/mol. The number of rotatable bonds is 10. The van der Waals surface area contributed by atoms with Gasteiger partial charge in [0.2, 0.25) is 15.0 Å². The third kappa shape index (κ3) is 6.30. The molecule has 3 aliphatic heterocycles. The van der Waals surface area contributed by atoms with Crippen LogP contribution in [0.15, 0.2) is 130 Å². The molecule has 14 nitrogen and oxygen atoms in total. The summed E-state index contributed by atoms with van der Waals surface area (Å²) in [5, 5.41) is 0. The largest absolute Gasteiger partial charge is 0.565 e. The molecule has 18 heteroatoms. The van der Waals surface area contributed by atoms with E-state index in [9.17, 15) is 9.13 Å². The van der Waals surface area contributed by atoms with E-state index in [1.165, 1.54) is 0 Å². The topological polar surface area (TPSA) is 115 Å². The lowest BCUT2D eigenvalue weighted by atomic mass is 10.3. The Labute approximate surface area is 281 Å². The molecule has 3 heterocycles. The van der Waals surface area contributed by atoms with Gasteiger partial charge in [0, 0.05) is 42.3 Å². The van der Waals surface area contributed by atoms with Crippen LogP contribution in [0.25, 0.3) is 0 Å². The van der Waals surface area contributed by atoms with Crippen molar-refractivity contribution in [1.82, 2.24) is 28.7 Å². The minimum atomic E-state index is -4.29. The summed E-state index contributed by atoms with van der Waals surface area (Å²) in [4.78, 5) is 0. The van der Waals surface area contributed by atoms with Gasteiger partial charge in [-0.3, -0.25) is 0 Å². The van der Waals surface area contributed by atoms with Crippen molar-refractivity contribution in [3.05, 3.63) is 121 Å². The number of para-hydroxylation sites is 4. The number of hydrogen-bond acceptors (Lipinski definition) is 6. The Bertz CT molecular complexity index is 1660. The van der Waals surface area contributed by atoms with Crippen LogP contribution in [0.4, 0.5) is 0 Å². The zero-order valence-electron chi connectivity index (χ0n) is 27.4. The molecule has 4 aromatic carbocycles. The molecule has 4 aromatic rings. The average Bonchev–Trinajstić information content (AvgIpc) is 3.08. The number of nitrogens with zero attached hydrogens (tertiary/aromatic N) is 8. The normalized spacial score (nSPS) is 23.0. The van der Waals surface area contributed by atoms with Crippen molar-refractivity contribution in [3.8, 4) is 23.0 Å². The van der Waals surface area contributed by atoms with Crippen LogP contribution >= 0.6 is 30.5 Å². The molecule has 48 heavy (non-hydrogen) atoms. The second-order valence-corrected chi connectivity index (χ2v) is 20.4. The van der Waals surface area contributed by atoms with Crippen LogP contribution < -0.4 is 18.1 Å². The Kier molecular flexibility index (Phi) is 9.79. The van der Waals surface area contributed by atoms with E-state index in [2.05, 4.69) is 0 Å². The molecule has 0 aromatic heterocycles. The lowest BCUT2D eigenvalue weighted by molar-refractivity contribution is 0.0238. The molecule has 0 amide bonds. The Hall–Kier alpha value is -3.24. The maximum absolute atomic E-state index is 14.9. The van der Waals surface area contributed by atoms with Crippen molar-refractivity contribution in [1.29, 1.82) is 0 Å². The Morgan fingerprint density at radius 2 is 0.583 bits per heavy atom. The Balaban J connectivity index is 1.51. The van der Waals surface area contributed by atoms with Gasteiger partial charge < -0.3 is 18.1 Å². The van der Waals surface area contributed by atoms with Gasteiger partial charge in [0.25, 0.3) is 0 Å². The summed E-state index contributed by atoms with van der Waals surface area (Å²) in [6.07, 6.45) is 0. The van der Waals surface area contributed by atoms with Crippen molar-refractivity contribution in [2.75, 3.05) is 42.3 Å². The molecule has 254 valence electrons. The van der Waals surface area contributed by atoms with Crippen molar-refractivity contribution < 1.29 is 27.2 Å². The summed E-state index contributed by atoms with van der Waals surface area (Å²) >= 11 is 0. The van der Waals surface area contributed by atoms with Gasteiger partial charge >= 0.3 is 15.5 Å². The second-order valence-electron chi connectivity index (χ2n) is 10.7. The zero-order valence-corrected chi connectivity index (χ0v) is 30.9. The van der Waals surface area contributed by atoms with Gasteiger partial charge in [-0.05, 0) is 48.5 Å². The molecular weight excluding hydrogens is 692 g/mol. The highest BCUT2D eigenvalue weighted by Crippen LogP contribution is 2.84. The fourth-order valence-electron chi connectivity index (χ4n) is 5.38. The molecule has 0 atom stereocenters. The van der Waals surface area contributed by atoms with E-state index < -0.39 is 30.5 Å². The van der Waals surface area contributed by atoms with E-state index in [1.807, 2.05) is 95.2 Å². The Morgan fingerprint density at radius 3 is 0.771 bits per heavy atom. The number of hydrazine groups is 3. The van der Waals surface area contributed by atoms with E-state index in [0.29, 0.717) is 23.0 Å². The first-order chi connectivity index (χ1) is 22.9. The van der Waals surface area contributed by atoms with Crippen molar-refractivity contribution in [2.45, 2.75) is 0 Å². The van der Waals surface area contributed by atoms with E-state index in [0.717, 1.165) is 0 Å². The van der Waals surface area contributed by atoms with Crippen LogP contribution in [0, 0.1) is 0 Å². The number of hydrogen-bond donors (Lipinski definition) is 0. The van der Waals surface area contributed by atoms with Gasteiger partial charge in [-0.15, -0.1) is 9.03 Å². The fourth-order valence-corrected chi connectivity index (χ4v) is 19.0. The number of fused-ring (bicyclic) bond motifs is 3. The van der Waals surface area contributed by atoms with Crippen LogP contribution in [-0.4, -0.2) is 71.0 Å². The lowest BCUT2D eigenvalue weighted by Gasteiger charge is -2.68. The van der Waals surface area contributed by atoms with Crippen LogP contribution in [0.2, 0.25) is 0 Å².